The average Bonchev–Trinajstić information content (AvgIpc) is 2.87. The Bertz CT molecular complexity index is 770. The Morgan fingerprint density at radius 1 is 1.19 bits per heavy atom. The van der Waals surface area contributed by atoms with Crippen molar-refractivity contribution >= 4 is 34.4 Å². The highest BCUT2D eigenvalue weighted by molar-refractivity contribution is 6.30. The zero-order chi connectivity index (χ0) is 14.8. The maximum atomic E-state index is 6.00. The molecule has 0 atom stereocenters. The van der Waals surface area contributed by atoms with Crippen LogP contribution in [0.3, 0.4) is 0 Å². The molecule has 5 nitrogen and oxygen atoms in total. The van der Waals surface area contributed by atoms with E-state index < -0.39 is 0 Å². The van der Waals surface area contributed by atoms with Crippen LogP contribution < -0.4 is 4.74 Å². The molecule has 0 bridgehead atoms. The van der Waals surface area contributed by atoms with Crippen molar-refractivity contribution in [3.63, 3.8) is 0 Å². The molecule has 0 N–H and O–H groups in total. The molecule has 2 heterocycles. The van der Waals surface area contributed by atoms with E-state index in [2.05, 4.69) is 15.0 Å². The molecule has 0 fully saturated rings. The van der Waals surface area contributed by atoms with Crippen molar-refractivity contribution in [3.8, 4) is 5.88 Å². The first kappa shape index (κ1) is 14.1. The Hall–Kier alpha value is -1.85. The third kappa shape index (κ3) is 2.66. The number of rotatable bonds is 4. The summed E-state index contributed by atoms with van der Waals surface area (Å²) >= 11 is 11.9. The van der Waals surface area contributed by atoms with Gasteiger partial charge >= 0.3 is 0 Å². The summed E-state index contributed by atoms with van der Waals surface area (Å²) < 4.78 is 7.17. The number of nitrogens with zero attached hydrogens (tertiary/aromatic N) is 4. The fourth-order valence-electron chi connectivity index (χ4n) is 2.15. The molecule has 3 aromatic rings. The lowest BCUT2D eigenvalue weighted by Crippen LogP contribution is -2.04. The number of benzene rings is 1. The van der Waals surface area contributed by atoms with Crippen molar-refractivity contribution in [2.24, 2.45) is 0 Å². The number of methoxy groups -OCH3 is 1. The molecule has 0 aliphatic heterocycles. The van der Waals surface area contributed by atoms with Gasteiger partial charge in [-0.05, 0) is 17.7 Å². The third-order valence-electron chi connectivity index (χ3n) is 3.14. The smallest absolute Gasteiger partial charge is 0.245 e. The molecule has 0 aliphatic carbocycles. The normalized spacial score (nSPS) is 11.0. The van der Waals surface area contributed by atoms with Crippen LogP contribution in [0.2, 0.25) is 5.02 Å². The third-order valence-corrected chi connectivity index (χ3v) is 3.64. The highest BCUT2D eigenvalue weighted by Gasteiger charge is 2.15. The van der Waals surface area contributed by atoms with Crippen LogP contribution in [0.15, 0.2) is 30.6 Å². The van der Waals surface area contributed by atoms with E-state index in [9.17, 15) is 0 Å². The van der Waals surface area contributed by atoms with Crippen LogP contribution in [0.1, 0.15) is 11.4 Å². The molecule has 0 spiro atoms. The van der Waals surface area contributed by atoms with E-state index in [1.165, 1.54) is 6.33 Å². The molecule has 0 saturated carbocycles. The van der Waals surface area contributed by atoms with Gasteiger partial charge in [0.2, 0.25) is 5.88 Å². The summed E-state index contributed by atoms with van der Waals surface area (Å²) in [5, 5.41) is 0.704. The largest absolute Gasteiger partial charge is 0.479 e. The van der Waals surface area contributed by atoms with Gasteiger partial charge in [0.15, 0.2) is 11.2 Å². The van der Waals surface area contributed by atoms with E-state index in [0.29, 0.717) is 28.6 Å². The van der Waals surface area contributed by atoms with Gasteiger partial charge < -0.3 is 9.30 Å². The van der Waals surface area contributed by atoms with Gasteiger partial charge in [-0.3, -0.25) is 0 Å². The zero-order valence-corrected chi connectivity index (χ0v) is 12.8. The van der Waals surface area contributed by atoms with E-state index in [-0.39, 0.29) is 5.88 Å². The second-order valence-corrected chi connectivity index (χ2v) is 5.13. The Morgan fingerprint density at radius 2 is 1.95 bits per heavy atom. The van der Waals surface area contributed by atoms with Gasteiger partial charge in [0.1, 0.15) is 12.2 Å². The van der Waals surface area contributed by atoms with Crippen LogP contribution in [0.4, 0.5) is 0 Å². The van der Waals surface area contributed by atoms with E-state index in [1.807, 2.05) is 28.8 Å². The van der Waals surface area contributed by atoms with E-state index in [0.717, 1.165) is 11.4 Å². The fourth-order valence-corrected chi connectivity index (χ4v) is 2.48. The van der Waals surface area contributed by atoms with Gasteiger partial charge in [-0.2, -0.15) is 4.98 Å². The topological polar surface area (TPSA) is 52.8 Å². The minimum absolute atomic E-state index is 0.285. The maximum absolute atomic E-state index is 6.00. The molecule has 0 unspecified atom stereocenters. The van der Waals surface area contributed by atoms with Crippen molar-refractivity contribution in [1.82, 2.24) is 19.5 Å². The number of hydrogen-bond donors (Lipinski definition) is 0. The lowest BCUT2D eigenvalue weighted by atomic mass is 10.2. The molecule has 0 amide bonds. The van der Waals surface area contributed by atoms with Crippen molar-refractivity contribution in [2.75, 3.05) is 7.11 Å². The van der Waals surface area contributed by atoms with Crippen LogP contribution >= 0.6 is 23.2 Å². The van der Waals surface area contributed by atoms with Gasteiger partial charge in [0.25, 0.3) is 0 Å². The number of aromatic nitrogens is 4. The summed E-state index contributed by atoms with van der Waals surface area (Å²) in [7, 11) is 1.56. The van der Waals surface area contributed by atoms with Crippen molar-refractivity contribution < 1.29 is 4.74 Å². The summed E-state index contributed by atoms with van der Waals surface area (Å²) in [5.41, 5.74) is 2.40. The van der Waals surface area contributed by atoms with Gasteiger partial charge in [-0.1, -0.05) is 23.7 Å². The van der Waals surface area contributed by atoms with Gasteiger partial charge in [0, 0.05) is 5.02 Å². The highest BCUT2D eigenvalue weighted by Crippen LogP contribution is 2.23. The first-order valence-corrected chi connectivity index (χ1v) is 7.18. The Kier molecular flexibility index (Phi) is 3.94. The first-order valence-electron chi connectivity index (χ1n) is 6.27. The standard InChI is InChI=1S/C14H12Cl2N4O/c1-21-14-12-13(17-8-18-14)20(11(6-15)19-12)7-9-2-4-10(16)5-3-9/h2-5,8H,6-7H2,1H3. The number of imidazole rings is 1. The molecule has 21 heavy (non-hydrogen) atoms. The Morgan fingerprint density at radius 3 is 2.62 bits per heavy atom. The van der Waals surface area contributed by atoms with E-state index >= 15 is 0 Å². The molecule has 3 rings (SSSR count). The zero-order valence-electron chi connectivity index (χ0n) is 11.3. The average molecular weight is 323 g/mol. The summed E-state index contributed by atoms with van der Waals surface area (Å²) in [6.45, 7) is 0.607. The van der Waals surface area contributed by atoms with Crippen LogP contribution in [0.25, 0.3) is 11.2 Å². The van der Waals surface area contributed by atoms with Crippen molar-refractivity contribution in [1.29, 1.82) is 0 Å². The molecular weight excluding hydrogens is 311 g/mol. The molecule has 2 aromatic heterocycles. The quantitative estimate of drug-likeness (QED) is 0.692. The summed E-state index contributed by atoms with van der Waals surface area (Å²) in [6.07, 6.45) is 1.46. The van der Waals surface area contributed by atoms with Crippen molar-refractivity contribution in [3.05, 3.63) is 47.0 Å². The molecular formula is C14H12Cl2N4O. The Labute approximate surface area is 131 Å². The summed E-state index contributed by atoms with van der Waals surface area (Å²) in [6, 6.07) is 7.63. The summed E-state index contributed by atoms with van der Waals surface area (Å²) in [4.78, 5) is 12.8. The van der Waals surface area contributed by atoms with Crippen LogP contribution in [0.5, 0.6) is 5.88 Å². The minimum Gasteiger partial charge on any atom is -0.479 e. The monoisotopic (exact) mass is 322 g/mol. The maximum Gasteiger partial charge on any atom is 0.245 e. The lowest BCUT2D eigenvalue weighted by Gasteiger charge is -2.07. The number of halogens is 2. The highest BCUT2D eigenvalue weighted by atomic mass is 35.5. The SMILES string of the molecule is COc1ncnc2c1nc(CCl)n2Cc1ccc(Cl)cc1. The van der Waals surface area contributed by atoms with E-state index in [4.69, 9.17) is 27.9 Å². The van der Waals surface area contributed by atoms with Gasteiger partial charge in [0.05, 0.1) is 19.5 Å². The number of alkyl halides is 1. The molecule has 0 saturated heterocycles. The van der Waals surface area contributed by atoms with Crippen molar-refractivity contribution in [2.45, 2.75) is 12.4 Å². The van der Waals surface area contributed by atoms with Gasteiger partial charge in [-0.25, -0.2) is 9.97 Å². The second kappa shape index (κ2) is 5.87. The fraction of sp³-hybridized carbons (Fsp3) is 0.214. The van der Waals surface area contributed by atoms with Crippen LogP contribution in [-0.4, -0.2) is 26.6 Å². The molecule has 0 radical (unpaired) electrons. The van der Waals surface area contributed by atoms with Crippen LogP contribution in [0, 0.1) is 0 Å². The molecule has 108 valence electrons. The number of ether oxygens (including phenoxy) is 1. The predicted octanol–water partition coefficient (Wildman–Crippen LogP) is 3.28. The number of fused-ring (bicyclic) bond motifs is 1. The Balaban J connectivity index is 2.10. The predicted molar refractivity (Wildman–Crippen MR) is 82.0 cm³/mol. The van der Waals surface area contributed by atoms with E-state index in [1.54, 1.807) is 7.11 Å². The van der Waals surface area contributed by atoms with Crippen LogP contribution in [-0.2, 0) is 12.4 Å². The molecule has 0 aliphatic rings. The summed E-state index contributed by atoms with van der Waals surface area (Å²) in [5.74, 6) is 1.45. The molecule has 1 aromatic carbocycles. The second-order valence-electron chi connectivity index (χ2n) is 4.43. The van der Waals surface area contributed by atoms with Gasteiger partial charge in [-0.15, -0.1) is 11.6 Å². The lowest BCUT2D eigenvalue weighted by molar-refractivity contribution is 0.401. The number of hydrogen-bond acceptors (Lipinski definition) is 4. The first-order chi connectivity index (χ1) is 10.2. The minimum atomic E-state index is 0.285. The molecule has 7 heteroatoms.